The van der Waals surface area contributed by atoms with E-state index in [2.05, 4.69) is 6.92 Å². The summed E-state index contributed by atoms with van der Waals surface area (Å²) in [4.78, 5) is 27.9. The van der Waals surface area contributed by atoms with Gasteiger partial charge in [0.15, 0.2) is 0 Å². The molecule has 2 heterocycles. The van der Waals surface area contributed by atoms with E-state index in [1.54, 1.807) is 4.90 Å². The Morgan fingerprint density at radius 3 is 2.79 bits per heavy atom. The third kappa shape index (κ3) is 1.91. The van der Waals surface area contributed by atoms with Crippen molar-refractivity contribution in [3.05, 3.63) is 29.8 Å². The van der Waals surface area contributed by atoms with Crippen LogP contribution in [0, 0.1) is 0 Å². The topological polar surface area (TPSA) is 40.6 Å². The van der Waals surface area contributed by atoms with Crippen molar-refractivity contribution >= 4 is 17.5 Å². The molecule has 2 aliphatic heterocycles. The lowest BCUT2D eigenvalue weighted by Gasteiger charge is -2.22. The molecule has 3 rings (SSSR count). The Hall–Kier alpha value is -1.84. The highest BCUT2D eigenvalue weighted by Gasteiger charge is 2.39. The Morgan fingerprint density at radius 1 is 1.21 bits per heavy atom. The summed E-state index contributed by atoms with van der Waals surface area (Å²) >= 11 is 0. The summed E-state index contributed by atoms with van der Waals surface area (Å²) in [5.74, 6) is 0.138. The van der Waals surface area contributed by atoms with Crippen molar-refractivity contribution in [2.75, 3.05) is 18.0 Å². The van der Waals surface area contributed by atoms with Gasteiger partial charge in [-0.25, -0.2) is 0 Å². The predicted octanol–water partition coefficient (Wildman–Crippen LogP) is 2.11. The average molecular weight is 258 g/mol. The first-order valence-electron chi connectivity index (χ1n) is 6.91. The molecule has 0 saturated carbocycles. The van der Waals surface area contributed by atoms with Gasteiger partial charge in [-0.1, -0.05) is 25.1 Å². The molecule has 1 aromatic rings. The molecule has 1 aromatic carbocycles. The van der Waals surface area contributed by atoms with Crippen molar-refractivity contribution < 1.29 is 9.59 Å². The number of carbonyl (C=O) groups excluding carboxylic acids is 2. The molecule has 4 nitrogen and oxygen atoms in total. The van der Waals surface area contributed by atoms with E-state index in [9.17, 15) is 9.59 Å². The summed E-state index contributed by atoms with van der Waals surface area (Å²) in [6.07, 6.45) is 2.29. The van der Waals surface area contributed by atoms with Crippen LogP contribution in [0.1, 0.15) is 37.8 Å². The molecule has 2 amide bonds. The molecule has 19 heavy (non-hydrogen) atoms. The van der Waals surface area contributed by atoms with Gasteiger partial charge in [-0.05, 0) is 24.5 Å². The first-order chi connectivity index (χ1) is 9.22. The molecule has 0 aliphatic carbocycles. The third-order valence-electron chi connectivity index (χ3n) is 3.97. The molecule has 0 spiro atoms. The van der Waals surface area contributed by atoms with Gasteiger partial charge in [-0.3, -0.25) is 9.59 Å². The first kappa shape index (κ1) is 12.2. The lowest BCUT2D eigenvalue weighted by molar-refractivity contribution is -0.133. The number of rotatable bonds is 2. The zero-order valence-electron chi connectivity index (χ0n) is 11.1. The van der Waals surface area contributed by atoms with Gasteiger partial charge in [0.1, 0.15) is 6.54 Å². The van der Waals surface area contributed by atoms with Crippen LogP contribution >= 0.6 is 0 Å². The van der Waals surface area contributed by atoms with Gasteiger partial charge in [0.2, 0.25) is 11.8 Å². The fraction of sp³-hybridized carbons (Fsp3) is 0.467. The standard InChI is InChI=1S/C15H18N2O2/c1-2-9-16-12-6-4-3-5-11(12)13-7-8-14(18)17(13)10-15(16)19/h3-6,13H,2,7-10H2,1H3. The number of amides is 2. The summed E-state index contributed by atoms with van der Waals surface area (Å²) in [7, 11) is 0. The number of hydrogen-bond acceptors (Lipinski definition) is 2. The van der Waals surface area contributed by atoms with Crippen LogP contribution in [-0.4, -0.2) is 29.8 Å². The molecule has 4 heteroatoms. The fourth-order valence-corrected chi connectivity index (χ4v) is 3.10. The minimum Gasteiger partial charge on any atom is -0.326 e. The number of nitrogens with zero attached hydrogens (tertiary/aromatic N) is 2. The van der Waals surface area contributed by atoms with Crippen molar-refractivity contribution in [3.8, 4) is 0 Å². The summed E-state index contributed by atoms with van der Waals surface area (Å²) in [5.41, 5.74) is 2.10. The van der Waals surface area contributed by atoms with Gasteiger partial charge >= 0.3 is 0 Å². The average Bonchev–Trinajstić information content (AvgIpc) is 2.72. The van der Waals surface area contributed by atoms with Gasteiger partial charge in [-0.2, -0.15) is 0 Å². The van der Waals surface area contributed by atoms with Crippen LogP contribution < -0.4 is 4.90 Å². The van der Waals surface area contributed by atoms with Gasteiger partial charge in [0, 0.05) is 18.7 Å². The second-order valence-electron chi connectivity index (χ2n) is 5.18. The van der Waals surface area contributed by atoms with Gasteiger partial charge in [-0.15, -0.1) is 0 Å². The summed E-state index contributed by atoms with van der Waals surface area (Å²) < 4.78 is 0. The molecule has 1 unspecified atom stereocenters. The molecule has 0 N–H and O–H groups in total. The monoisotopic (exact) mass is 258 g/mol. The maximum Gasteiger partial charge on any atom is 0.246 e. The highest BCUT2D eigenvalue weighted by molar-refractivity contribution is 5.99. The van der Waals surface area contributed by atoms with Crippen molar-refractivity contribution in [2.45, 2.75) is 32.2 Å². The maximum absolute atomic E-state index is 12.4. The Labute approximate surface area is 113 Å². The van der Waals surface area contributed by atoms with Crippen LogP contribution in [0.2, 0.25) is 0 Å². The lowest BCUT2D eigenvalue weighted by atomic mass is 10.0. The van der Waals surface area contributed by atoms with Crippen molar-refractivity contribution in [1.29, 1.82) is 0 Å². The van der Waals surface area contributed by atoms with E-state index in [-0.39, 0.29) is 24.4 Å². The quantitative estimate of drug-likeness (QED) is 0.815. The third-order valence-corrected chi connectivity index (χ3v) is 3.97. The van der Waals surface area contributed by atoms with E-state index >= 15 is 0 Å². The summed E-state index contributed by atoms with van der Waals surface area (Å²) in [5, 5.41) is 0. The number of hydrogen-bond donors (Lipinski definition) is 0. The number of carbonyl (C=O) groups is 2. The largest absolute Gasteiger partial charge is 0.326 e. The summed E-state index contributed by atoms with van der Waals surface area (Å²) in [6, 6.07) is 8.07. The zero-order chi connectivity index (χ0) is 13.4. The van der Waals surface area contributed by atoms with Crippen molar-refractivity contribution in [3.63, 3.8) is 0 Å². The molecule has 1 fully saturated rings. The van der Waals surface area contributed by atoms with Crippen LogP contribution in [0.5, 0.6) is 0 Å². The minimum absolute atomic E-state index is 0.0343. The summed E-state index contributed by atoms with van der Waals surface area (Å²) in [6.45, 7) is 3.00. The molecule has 1 atom stereocenters. The predicted molar refractivity (Wildman–Crippen MR) is 72.8 cm³/mol. The van der Waals surface area contributed by atoms with E-state index in [1.165, 1.54) is 0 Å². The minimum atomic E-state index is 0.0343. The van der Waals surface area contributed by atoms with E-state index in [0.29, 0.717) is 13.0 Å². The van der Waals surface area contributed by atoms with E-state index in [0.717, 1.165) is 24.1 Å². The highest BCUT2D eigenvalue weighted by atomic mass is 16.2. The van der Waals surface area contributed by atoms with E-state index in [1.807, 2.05) is 29.2 Å². The van der Waals surface area contributed by atoms with Gasteiger partial charge in [0.05, 0.1) is 6.04 Å². The second kappa shape index (κ2) is 4.68. The Balaban J connectivity index is 2.09. The van der Waals surface area contributed by atoms with Crippen molar-refractivity contribution in [2.24, 2.45) is 0 Å². The first-order valence-corrected chi connectivity index (χ1v) is 6.91. The number of para-hydroxylation sites is 1. The maximum atomic E-state index is 12.4. The number of anilines is 1. The van der Waals surface area contributed by atoms with Crippen LogP contribution in [0.3, 0.4) is 0 Å². The van der Waals surface area contributed by atoms with Crippen LogP contribution in [-0.2, 0) is 9.59 Å². The smallest absolute Gasteiger partial charge is 0.246 e. The second-order valence-corrected chi connectivity index (χ2v) is 5.18. The highest BCUT2D eigenvalue weighted by Crippen LogP contribution is 2.40. The molecule has 0 bridgehead atoms. The van der Waals surface area contributed by atoms with Gasteiger partial charge < -0.3 is 9.80 Å². The molecule has 100 valence electrons. The zero-order valence-corrected chi connectivity index (χ0v) is 11.1. The number of fused-ring (bicyclic) bond motifs is 3. The SMILES string of the molecule is CCCN1C(=O)CN2C(=O)CCC2c2ccccc21. The lowest BCUT2D eigenvalue weighted by Crippen LogP contribution is -2.39. The van der Waals surface area contributed by atoms with Crippen LogP contribution in [0.4, 0.5) is 5.69 Å². The molecule has 2 aliphatic rings. The Kier molecular flexibility index (Phi) is 3.01. The molecular weight excluding hydrogens is 240 g/mol. The molecule has 0 radical (unpaired) electrons. The molecular formula is C15H18N2O2. The van der Waals surface area contributed by atoms with Crippen molar-refractivity contribution in [1.82, 2.24) is 4.90 Å². The molecule has 0 aromatic heterocycles. The normalized spacial score (nSPS) is 22.3. The Morgan fingerprint density at radius 2 is 2.00 bits per heavy atom. The van der Waals surface area contributed by atoms with E-state index < -0.39 is 0 Å². The van der Waals surface area contributed by atoms with Crippen LogP contribution in [0.25, 0.3) is 0 Å². The van der Waals surface area contributed by atoms with Gasteiger partial charge in [0.25, 0.3) is 0 Å². The number of benzene rings is 1. The van der Waals surface area contributed by atoms with Crippen LogP contribution in [0.15, 0.2) is 24.3 Å². The Bertz CT molecular complexity index is 527. The fourth-order valence-electron chi connectivity index (χ4n) is 3.10. The molecule has 1 saturated heterocycles. The van der Waals surface area contributed by atoms with E-state index in [4.69, 9.17) is 0 Å².